The van der Waals surface area contributed by atoms with Crippen LogP contribution in [0, 0.1) is 11.6 Å². The predicted octanol–water partition coefficient (Wildman–Crippen LogP) is 2.33. The average molecular weight is 398 g/mol. The molecule has 7 nitrogen and oxygen atoms in total. The first-order chi connectivity index (χ1) is 13.7. The molecule has 0 atom stereocenters. The molecule has 0 aliphatic heterocycles. The predicted molar refractivity (Wildman–Crippen MR) is 103 cm³/mol. The van der Waals surface area contributed by atoms with Crippen molar-refractivity contribution in [3.8, 4) is 28.6 Å². The van der Waals surface area contributed by atoms with E-state index >= 15 is 0 Å². The number of nitrogens with zero attached hydrogens (tertiary/aromatic N) is 4. The van der Waals surface area contributed by atoms with Gasteiger partial charge < -0.3 is 14.7 Å². The largest absolute Gasteiger partial charge is 0.507 e. The molecule has 2 aromatic carbocycles. The number of benzene rings is 2. The molecule has 0 saturated carbocycles. The number of rotatable bonds is 4. The molecule has 2 radical (unpaired) electrons. The third-order valence-electron chi connectivity index (χ3n) is 4.22. The number of phenolic OH excluding ortho intramolecular Hbond substituents is 1. The lowest BCUT2D eigenvalue weighted by atomic mass is 10.0. The number of aromatic nitrogens is 3. The Morgan fingerprint density at radius 1 is 1.28 bits per heavy atom. The summed E-state index contributed by atoms with van der Waals surface area (Å²) in [4.78, 5) is 13.1. The highest BCUT2D eigenvalue weighted by Gasteiger charge is 2.22. The Balaban J connectivity index is 2.16. The number of phenols is 1. The number of halogens is 2. The van der Waals surface area contributed by atoms with Gasteiger partial charge in [0.05, 0.1) is 17.0 Å². The van der Waals surface area contributed by atoms with Crippen molar-refractivity contribution in [1.29, 1.82) is 0 Å². The molecule has 0 unspecified atom stereocenters. The molecule has 1 N–H and O–H groups in total. The monoisotopic (exact) mass is 398 g/mol. The summed E-state index contributed by atoms with van der Waals surface area (Å²) in [5.74, 6) is -2.32. The van der Waals surface area contributed by atoms with Crippen LogP contribution in [0.3, 0.4) is 0 Å². The standard InChI is InChI=1S/C19H17BF2N4O3/c1-4-10-8-11(14(27)9-15(10)29-19(28)25(2)3)17-23-24-18(20)26(17)13-7-5-6-12(21)16(13)22/h5-9,27H,4H2,1-3H3. The summed E-state index contributed by atoms with van der Waals surface area (Å²) in [6.45, 7) is 1.83. The highest BCUT2D eigenvalue weighted by Crippen LogP contribution is 2.36. The first kappa shape index (κ1) is 20.3. The fourth-order valence-electron chi connectivity index (χ4n) is 2.72. The van der Waals surface area contributed by atoms with Crippen molar-refractivity contribution in [2.45, 2.75) is 13.3 Å². The topological polar surface area (TPSA) is 80.5 Å². The third-order valence-corrected chi connectivity index (χ3v) is 4.22. The number of ether oxygens (including phenoxy) is 1. The number of carbonyl (C=O) groups is 1. The number of hydrogen-bond acceptors (Lipinski definition) is 5. The molecule has 0 fully saturated rings. The zero-order chi connectivity index (χ0) is 21.3. The summed E-state index contributed by atoms with van der Waals surface area (Å²) >= 11 is 0. The molecule has 0 spiro atoms. The molecule has 10 heteroatoms. The van der Waals surface area contributed by atoms with Gasteiger partial charge in [-0.3, -0.25) is 4.57 Å². The normalized spacial score (nSPS) is 10.8. The van der Waals surface area contributed by atoms with Gasteiger partial charge in [-0.2, -0.15) is 0 Å². The second-order valence-corrected chi connectivity index (χ2v) is 6.38. The van der Waals surface area contributed by atoms with Crippen LogP contribution in [-0.2, 0) is 6.42 Å². The summed E-state index contributed by atoms with van der Waals surface area (Å²) in [7, 11) is 8.88. The van der Waals surface area contributed by atoms with Gasteiger partial charge in [0.15, 0.2) is 25.3 Å². The minimum Gasteiger partial charge on any atom is -0.507 e. The molecule has 1 amide bonds. The third kappa shape index (κ3) is 3.78. The van der Waals surface area contributed by atoms with Crippen LogP contribution in [0.4, 0.5) is 13.6 Å². The van der Waals surface area contributed by atoms with Crippen molar-refractivity contribution in [2.24, 2.45) is 0 Å². The Morgan fingerprint density at radius 3 is 2.66 bits per heavy atom. The minimum atomic E-state index is -1.13. The highest BCUT2D eigenvalue weighted by molar-refractivity contribution is 6.29. The van der Waals surface area contributed by atoms with Gasteiger partial charge in [0, 0.05) is 20.2 Å². The van der Waals surface area contributed by atoms with Crippen molar-refractivity contribution >= 4 is 19.7 Å². The van der Waals surface area contributed by atoms with Crippen LogP contribution in [0.1, 0.15) is 12.5 Å². The van der Waals surface area contributed by atoms with Crippen LogP contribution in [0.2, 0.25) is 0 Å². The van der Waals surface area contributed by atoms with E-state index in [-0.39, 0.29) is 34.3 Å². The van der Waals surface area contributed by atoms with E-state index in [1.165, 1.54) is 43.3 Å². The summed E-state index contributed by atoms with van der Waals surface area (Å²) < 4.78 is 34.4. The second-order valence-electron chi connectivity index (χ2n) is 6.38. The van der Waals surface area contributed by atoms with Crippen molar-refractivity contribution in [3.05, 3.63) is 47.5 Å². The maximum absolute atomic E-state index is 14.3. The average Bonchev–Trinajstić information content (AvgIpc) is 3.05. The summed E-state index contributed by atoms with van der Waals surface area (Å²) in [6, 6.07) is 6.39. The first-order valence-corrected chi connectivity index (χ1v) is 8.65. The number of carbonyl (C=O) groups excluding carboxylic acids is 1. The van der Waals surface area contributed by atoms with Crippen LogP contribution in [-0.4, -0.2) is 52.8 Å². The van der Waals surface area contributed by atoms with Gasteiger partial charge in [0.1, 0.15) is 11.5 Å². The first-order valence-electron chi connectivity index (χ1n) is 8.65. The Bertz CT molecular complexity index is 1090. The zero-order valence-electron chi connectivity index (χ0n) is 16.0. The van der Waals surface area contributed by atoms with Crippen molar-refractivity contribution in [3.63, 3.8) is 0 Å². The Kier molecular flexibility index (Phi) is 5.53. The van der Waals surface area contributed by atoms with Crippen LogP contribution in [0.5, 0.6) is 11.5 Å². The molecule has 1 aromatic heterocycles. The number of aromatic hydroxyl groups is 1. The van der Waals surface area contributed by atoms with Crippen molar-refractivity contribution in [1.82, 2.24) is 19.7 Å². The van der Waals surface area contributed by atoms with Crippen LogP contribution < -0.4 is 10.5 Å². The molecule has 3 rings (SSSR count). The summed E-state index contributed by atoms with van der Waals surface area (Å²) in [5, 5.41) is 18.2. The van der Waals surface area contributed by atoms with Gasteiger partial charge in [-0.05, 0) is 30.2 Å². The van der Waals surface area contributed by atoms with Gasteiger partial charge in [-0.25, -0.2) is 13.6 Å². The van der Waals surface area contributed by atoms with Gasteiger partial charge in [0.25, 0.3) is 0 Å². The quantitative estimate of drug-likeness (QED) is 0.683. The maximum atomic E-state index is 14.3. The van der Waals surface area contributed by atoms with Crippen LogP contribution in [0.25, 0.3) is 17.1 Å². The van der Waals surface area contributed by atoms with Crippen molar-refractivity contribution < 1.29 is 23.4 Å². The smallest absolute Gasteiger partial charge is 0.414 e. The van der Waals surface area contributed by atoms with E-state index < -0.39 is 17.7 Å². The van der Waals surface area contributed by atoms with E-state index in [1.807, 2.05) is 6.92 Å². The van der Waals surface area contributed by atoms with E-state index in [9.17, 15) is 18.7 Å². The lowest BCUT2D eigenvalue weighted by Crippen LogP contribution is -2.25. The molecule has 0 bridgehead atoms. The molecular weight excluding hydrogens is 381 g/mol. The lowest BCUT2D eigenvalue weighted by Gasteiger charge is -2.16. The van der Waals surface area contributed by atoms with E-state index in [0.29, 0.717) is 12.0 Å². The summed E-state index contributed by atoms with van der Waals surface area (Å²) in [6.07, 6.45) is -0.151. The van der Waals surface area contributed by atoms with Gasteiger partial charge in [-0.15, -0.1) is 10.2 Å². The van der Waals surface area contributed by atoms with Crippen LogP contribution >= 0.6 is 0 Å². The number of amides is 1. The number of hydrogen-bond donors (Lipinski definition) is 1. The molecule has 29 heavy (non-hydrogen) atoms. The lowest BCUT2D eigenvalue weighted by molar-refractivity contribution is 0.171. The molecule has 1 heterocycles. The van der Waals surface area contributed by atoms with E-state index in [2.05, 4.69) is 10.2 Å². The molecule has 0 aliphatic rings. The van der Waals surface area contributed by atoms with Gasteiger partial charge >= 0.3 is 6.09 Å². The second kappa shape index (κ2) is 7.90. The fourth-order valence-corrected chi connectivity index (χ4v) is 2.72. The Morgan fingerprint density at radius 2 is 2.00 bits per heavy atom. The van der Waals surface area contributed by atoms with Gasteiger partial charge in [0.2, 0.25) is 0 Å². The molecule has 148 valence electrons. The van der Waals surface area contributed by atoms with Crippen LogP contribution in [0.15, 0.2) is 30.3 Å². The highest BCUT2D eigenvalue weighted by atomic mass is 19.2. The van der Waals surface area contributed by atoms with E-state index in [0.717, 1.165) is 10.6 Å². The SMILES string of the molecule is [B]c1nnc(-c2cc(CC)c(OC(=O)N(C)C)cc2O)n1-c1cccc(F)c1F. The van der Waals surface area contributed by atoms with E-state index in [4.69, 9.17) is 12.6 Å². The zero-order valence-corrected chi connectivity index (χ0v) is 16.0. The summed E-state index contributed by atoms with van der Waals surface area (Å²) in [5.41, 5.74) is 0.355. The Hall–Kier alpha value is -3.43. The fraction of sp³-hybridized carbons (Fsp3) is 0.211. The minimum absolute atomic E-state index is 0.00434. The number of aryl methyl sites for hydroxylation is 1. The molecule has 0 aliphatic carbocycles. The van der Waals surface area contributed by atoms with Gasteiger partial charge in [-0.1, -0.05) is 13.0 Å². The molecule has 0 saturated heterocycles. The molecule has 3 aromatic rings. The van der Waals surface area contributed by atoms with Crippen molar-refractivity contribution in [2.75, 3.05) is 14.1 Å². The Labute approximate surface area is 167 Å². The van der Waals surface area contributed by atoms with E-state index in [1.54, 1.807) is 0 Å². The maximum Gasteiger partial charge on any atom is 0.414 e. The molecular formula is C19H17BF2N4O3.